The quantitative estimate of drug-likeness (QED) is 0.334. The van der Waals surface area contributed by atoms with E-state index < -0.39 is 0 Å². The Bertz CT molecular complexity index is 393. The summed E-state index contributed by atoms with van der Waals surface area (Å²) in [5.41, 5.74) is 6.03. The van der Waals surface area contributed by atoms with E-state index in [1.54, 1.807) is 24.3 Å². The molecular weight excluding hydrogens is 152 g/mol. The normalized spacial score (nSPS) is 7.92. The third-order valence-corrected chi connectivity index (χ3v) is 1.32. The van der Waals surface area contributed by atoms with Crippen molar-refractivity contribution in [3.63, 3.8) is 0 Å². The molecule has 0 unspecified atom stereocenters. The number of nitrogens with zero attached hydrogens (tertiary/aromatic N) is 1. The monoisotopic (exact) mass is 158 g/mol. The first-order chi connectivity index (χ1) is 5.75. The molecule has 0 heterocycles. The second-order valence-electron chi connectivity index (χ2n) is 2.11. The van der Waals surface area contributed by atoms with Crippen molar-refractivity contribution >= 4 is 5.69 Å². The molecule has 0 aliphatic heterocycles. The number of nitrogens with two attached hydrogens (primary N) is 1. The minimum atomic E-state index is -0.0692. The molecule has 0 bridgehead atoms. The molecule has 0 atom stereocenters. The molecule has 0 saturated carbocycles. The summed E-state index contributed by atoms with van der Waals surface area (Å²) in [4.78, 5) is 0. The van der Waals surface area contributed by atoms with Crippen LogP contribution in [0.2, 0.25) is 0 Å². The van der Waals surface area contributed by atoms with Crippen LogP contribution in [0.15, 0.2) is 18.2 Å². The molecule has 0 spiro atoms. The van der Waals surface area contributed by atoms with Crippen LogP contribution >= 0.6 is 0 Å². The van der Waals surface area contributed by atoms with E-state index >= 15 is 0 Å². The van der Waals surface area contributed by atoms with Gasteiger partial charge >= 0.3 is 0 Å². The van der Waals surface area contributed by atoms with Crippen LogP contribution in [0.4, 0.5) is 5.69 Å². The summed E-state index contributed by atoms with van der Waals surface area (Å²) >= 11 is 0. The molecule has 1 aromatic carbocycles. The average Bonchev–Trinajstić information content (AvgIpc) is 2.08. The first-order valence-corrected chi connectivity index (χ1v) is 3.23. The Morgan fingerprint density at radius 1 is 1.42 bits per heavy atom. The average molecular weight is 158 g/mol. The van der Waals surface area contributed by atoms with Crippen LogP contribution in [0, 0.1) is 23.2 Å². The molecule has 12 heavy (non-hydrogen) atoms. The van der Waals surface area contributed by atoms with Crippen molar-refractivity contribution in [2.24, 2.45) is 0 Å². The van der Waals surface area contributed by atoms with Crippen molar-refractivity contribution in [1.29, 1.82) is 5.26 Å². The number of aromatic hydroxyl groups is 1. The van der Waals surface area contributed by atoms with Crippen LogP contribution in [-0.2, 0) is 0 Å². The van der Waals surface area contributed by atoms with Gasteiger partial charge in [0.1, 0.15) is 0 Å². The van der Waals surface area contributed by atoms with Gasteiger partial charge in [-0.3, -0.25) is 0 Å². The van der Waals surface area contributed by atoms with Gasteiger partial charge in [0.05, 0.1) is 11.3 Å². The maximum atomic E-state index is 9.29. The van der Waals surface area contributed by atoms with E-state index in [1.807, 2.05) is 0 Å². The molecule has 0 radical (unpaired) electrons. The van der Waals surface area contributed by atoms with Gasteiger partial charge in [-0.25, -0.2) is 0 Å². The van der Waals surface area contributed by atoms with Crippen molar-refractivity contribution in [3.05, 3.63) is 23.8 Å². The number of phenolic OH excluding ortho intramolecular Hbond substituents is 1. The van der Waals surface area contributed by atoms with Crippen LogP contribution < -0.4 is 5.73 Å². The number of para-hydroxylation sites is 1. The van der Waals surface area contributed by atoms with Crippen molar-refractivity contribution < 1.29 is 5.11 Å². The minimum absolute atomic E-state index is 0.0692. The fraction of sp³-hybridized carbons (Fsp3) is 0. The molecule has 3 heteroatoms. The molecular formula is C9H6N2O. The van der Waals surface area contributed by atoms with E-state index in [4.69, 9.17) is 11.0 Å². The summed E-state index contributed by atoms with van der Waals surface area (Å²) in [6.07, 6.45) is 0. The smallest absolute Gasteiger partial charge is 0.154 e. The summed E-state index contributed by atoms with van der Waals surface area (Å²) in [6.45, 7) is 0. The number of phenols is 1. The third kappa shape index (κ3) is 1.47. The standard InChI is InChI=1S/C9H6N2O/c10-6-2-4-7-3-1-5-8(11)9(7)12/h1,3,5,12H,11H2. The number of hydrogen-bond donors (Lipinski definition) is 2. The Kier molecular flexibility index (Phi) is 2.20. The van der Waals surface area contributed by atoms with Crippen LogP contribution in [0.3, 0.4) is 0 Å². The number of rotatable bonds is 0. The van der Waals surface area contributed by atoms with Crippen molar-refractivity contribution in [2.75, 3.05) is 5.73 Å². The molecule has 1 rings (SSSR count). The van der Waals surface area contributed by atoms with E-state index in [0.29, 0.717) is 5.56 Å². The van der Waals surface area contributed by atoms with Crippen LogP contribution in [0.25, 0.3) is 0 Å². The Morgan fingerprint density at radius 3 is 2.83 bits per heavy atom. The summed E-state index contributed by atoms with van der Waals surface area (Å²) in [6, 6.07) is 6.47. The summed E-state index contributed by atoms with van der Waals surface area (Å²) in [7, 11) is 0. The number of nitriles is 1. The topological polar surface area (TPSA) is 70.0 Å². The molecule has 0 fully saturated rings. The zero-order valence-corrected chi connectivity index (χ0v) is 6.20. The Hall–Kier alpha value is -2.13. The molecule has 0 amide bonds. The van der Waals surface area contributed by atoms with E-state index in [1.165, 1.54) is 0 Å². The van der Waals surface area contributed by atoms with E-state index in [-0.39, 0.29) is 11.4 Å². The van der Waals surface area contributed by atoms with Gasteiger partial charge in [0.2, 0.25) is 0 Å². The highest BCUT2D eigenvalue weighted by atomic mass is 16.3. The molecule has 0 aliphatic carbocycles. The highest BCUT2D eigenvalue weighted by molar-refractivity contribution is 5.61. The maximum Gasteiger partial charge on any atom is 0.154 e. The van der Waals surface area contributed by atoms with Crippen LogP contribution in [-0.4, -0.2) is 5.11 Å². The fourth-order valence-electron chi connectivity index (χ4n) is 0.758. The van der Waals surface area contributed by atoms with Gasteiger partial charge in [-0.05, 0) is 18.1 Å². The minimum Gasteiger partial charge on any atom is -0.505 e. The molecule has 3 nitrogen and oxygen atoms in total. The third-order valence-electron chi connectivity index (χ3n) is 1.32. The molecule has 3 N–H and O–H groups in total. The predicted molar refractivity (Wildman–Crippen MR) is 45.0 cm³/mol. The SMILES string of the molecule is N#CC#Cc1cccc(N)c1O. The first kappa shape index (κ1) is 7.97. The van der Waals surface area contributed by atoms with E-state index in [9.17, 15) is 5.11 Å². The first-order valence-electron chi connectivity index (χ1n) is 3.23. The zero-order valence-electron chi connectivity index (χ0n) is 6.20. The Morgan fingerprint density at radius 2 is 2.17 bits per heavy atom. The second-order valence-corrected chi connectivity index (χ2v) is 2.11. The van der Waals surface area contributed by atoms with Crippen LogP contribution in [0.5, 0.6) is 5.75 Å². The molecule has 0 aromatic heterocycles. The van der Waals surface area contributed by atoms with E-state index in [2.05, 4.69) is 11.8 Å². The lowest BCUT2D eigenvalue weighted by Gasteiger charge is -1.98. The Labute approximate surface area is 70.1 Å². The van der Waals surface area contributed by atoms with Crippen molar-refractivity contribution in [2.45, 2.75) is 0 Å². The second kappa shape index (κ2) is 3.32. The van der Waals surface area contributed by atoms with Gasteiger partial charge in [-0.2, -0.15) is 5.26 Å². The van der Waals surface area contributed by atoms with Crippen molar-refractivity contribution in [3.8, 4) is 23.7 Å². The summed E-state index contributed by atoms with van der Waals surface area (Å²) in [5, 5.41) is 17.4. The molecule has 58 valence electrons. The number of hydrogen-bond acceptors (Lipinski definition) is 3. The van der Waals surface area contributed by atoms with Crippen LogP contribution in [0.1, 0.15) is 5.56 Å². The zero-order chi connectivity index (χ0) is 8.97. The lowest BCUT2D eigenvalue weighted by atomic mass is 10.2. The summed E-state index contributed by atoms with van der Waals surface area (Å²) < 4.78 is 0. The van der Waals surface area contributed by atoms with Gasteiger partial charge in [0.25, 0.3) is 0 Å². The lowest BCUT2D eigenvalue weighted by molar-refractivity contribution is 0.476. The van der Waals surface area contributed by atoms with Crippen molar-refractivity contribution in [1.82, 2.24) is 0 Å². The van der Waals surface area contributed by atoms with Gasteiger partial charge in [-0.15, -0.1) is 0 Å². The number of anilines is 1. The fourth-order valence-corrected chi connectivity index (χ4v) is 0.758. The highest BCUT2D eigenvalue weighted by Crippen LogP contribution is 2.22. The number of benzene rings is 1. The summed E-state index contributed by atoms with van der Waals surface area (Å²) in [5.74, 6) is 4.57. The largest absolute Gasteiger partial charge is 0.505 e. The van der Waals surface area contributed by atoms with E-state index in [0.717, 1.165) is 0 Å². The predicted octanol–water partition coefficient (Wildman–Crippen LogP) is 0.849. The lowest BCUT2D eigenvalue weighted by Crippen LogP contribution is -1.86. The number of nitrogen functional groups attached to an aromatic ring is 1. The molecule has 0 saturated heterocycles. The maximum absolute atomic E-state index is 9.29. The van der Waals surface area contributed by atoms with Gasteiger partial charge in [0, 0.05) is 5.92 Å². The molecule has 1 aromatic rings. The van der Waals surface area contributed by atoms with Gasteiger partial charge in [0.15, 0.2) is 11.8 Å². The Balaban J connectivity index is 3.19. The van der Waals surface area contributed by atoms with Gasteiger partial charge in [-0.1, -0.05) is 6.07 Å². The van der Waals surface area contributed by atoms with Gasteiger partial charge < -0.3 is 10.8 Å². The molecule has 0 aliphatic rings. The highest BCUT2D eigenvalue weighted by Gasteiger charge is 1.99.